The van der Waals surface area contributed by atoms with E-state index in [0.29, 0.717) is 24.5 Å². The van der Waals surface area contributed by atoms with Gasteiger partial charge in [0.25, 0.3) is 0 Å². The molecule has 6 heteroatoms. The highest BCUT2D eigenvalue weighted by Crippen LogP contribution is 2.29. The van der Waals surface area contributed by atoms with Gasteiger partial charge in [0, 0.05) is 25.8 Å². The Kier molecular flexibility index (Phi) is 4.76. The fourth-order valence-corrected chi connectivity index (χ4v) is 2.02. The van der Waals surface area contributed by atoms with Crippen molar-refractivity contribution in [1.29, 1.82) is 0 Å². The summed E-state index contributed by atoms with van der Waals surface area (Å²) in [6, 6.07) is 0.915. The number of nitrogens with zero attached hydrogens (tertiary/aromatic N) is 2. The second-order valence-electron chi connectivity index (χ2n) is 5.81. The highest BCUT2D eigenvalue weighted by molar-refractivity contribution is 5.17. The average molecular weight is 268 g/mol. The van der Waals surface area contributed by atoms with E-state index in [0.717, 1.165) is 32.6 Å². The fourth-order valence-electron chi connectivity index (χ4n) is 2.02. The Morgan fingerprint density at radius 2 is 2.00 bits per heavy atom. The zero-order valence-corrected chi connectivity index (χ0v) is 12.0. The normalized spacial score (nSPS) is 18.7. The first kappa shape index (κ1) is 14.3. The third-order valence-corrected chi connectivity index (χ3v) is 3.49. The van der Waals surface area contributed by atoms with Gasteiger partial charge in [-0.2, -0.15) is 0 Å². The largest absolute Gasteiger partial charge is 0.407 e. The maximum atomic E-state index is 5.54. The molecule has 1 aliphatic heterocycles. The number of aromatic nitrogens is 2. The Hall–Kier alpha value is -1.14. The number of rotatable bonds is 6. The minimum absolute atomic E-state index is 0.253. The van der Waals surface area contributed by atoms with Crippen molar-refractivity contribution in [2.45, 2.75) is 46.2 Å². The summed E-state index contributed by atoms with van der Waals surface area (Å²) in [4.78, 5) is 0. The summed E-state index contributed by atoms with van der Waals surface area (Å²) in [5.41, 5.74) is 0.253. The monoisotopic (exact) mass is 268 g/mol. The Bertz CT molecular complexity index is 386. The second-order valence-corrected chi connectivity index (χ2v) is 5.81. The van der Waals surface area contributed by atoms with E-state index in [1.165, 1.54) is 0 Å². The molecule has 0 aromatic carbocycles. The molecule has 1 fully saturated rings. The quantitative estimate of drug-likeness (QED) is 0.819. The second kappa shape index (κ2) is 6.34. The summed E-state index contributed by atoms with van der Waals surface area (Å²) in [7, 11) is 0. The molecule has 0 atom stereocenters. The maximum absolute atomic E-state index is 5.54. The molecule has 2 N–H and O–H groups in total. The Balaban J connectivity index is 1.79. The Morgan fingerprint density at radius 3 is 2.68 bits per heavy atom. The molecule has 6 nitrogen and oxygen atoms in total. The van der Waals surface area contributed by atoms with Crippen LogP contribution in [0.1, 0.15) is 39.5 Å². The van der Waals surface area contributed by atoms with Crippen LogP contribution >= 0.6 is 0 Å². The van der Waals surface area contributed by atoms with Gasteiger partial charge in [-0.05, 0) is 18.3 Å². The topological polar surface area (TPSA) is 72.2 Å². The van der Waals surface area contributed by atoms with E-state index in [4.69, 9.17) is 9.15 Å². The van der Waals surface area contributed by atoms with Crippen molar-refractivity contribution >= 4 is 6.01 Å². The molecular formula is C13H24N4O2. The third-order valence-electron chi connectivity index (χ3n) is 3.49. The van der Waals surface area contributed by atoms with Gasteiger partial charge in [-0.1, -0.05) is 25.9 Å². The number of hydrogen-bond acceptors (Lipinski definition) is 6. The lowest BCUT2D eigenvalue weighted by Gasteiger charge is -2.33. The molecule has 1 aromatic rings. The third kappa shape index (κ3) is 4.47. The molecule has 0 amide bonds. The Labute approximate surface area is 114 Å². The molecule has 2 rings (SSSR count). The highest BCUT2D eigenvalue weighted by atomic mass is 16.5. The summed E-state index contributed by atoms with van der Waals surface area (Å²) in [6.45, 7) is 9.56. The standard InChI is InChI=1S/C13H24N4O2/c1-10(2)14-8-11-16-17-12(19-11)15-9-13(3)4-6-18-7-5-13/h10,14H,4-9H2,1-3H3,(H,15,17). The van der Waals surface area contributed by atoms with Crippen molar-refractivity contribution in [3.63, 3.8) is 0 Å². The SMILES string of the molecule is CC(C)NCc1nnc(NCC2(C)CCOCC2)o1. The molecule has 2 heterocycles. The summed E-state index contributed by atoms with van der Waals surface area (Å²) >= 11 is 0. The van der Waals surface area contributed by atoms with Crippen LogP contribution in [-0.4, -0.2) is 36.0 Å². The Morgan fingerprint density at radius 1 is 1.26 bits per heavy atom. The molecule has 0 radical (unpaired) electrons. The van der Waals surface area contributed by atoms with Crippen molar-refractivity contribution in [1.82, 2.24) is 15.5 Å². The predicted molar refractivity (Wildman–Crippen MR) is 72.9 cm³/mol. The van der Waals surface area contributed by atoms with Gasteiger partial charge >= 0.3 is 6.01 Å². The maximum Gasteiger partial charge on any atom is 0.315 e. The van der Waals surface area contributed by atoms with Gasteiger partial charge in [-0.15, -0.1) is 5.10 Å². The number of nitrogens with one attached hydrogen (secondary N) is 2. The van der Waals surface area contributed by atoms with E-state index in [9.17, 15) is 0 Å². The molecule has 0 bridgehead atoms. The molecule has 0 unspecified atom stereocenters. The lowest BCUT2D eigenvalue weighted by atomic mass is 9.82. The van der Waals surface area contributed by atoms with Gasteiger partial charge in [0.05, 0.1) is 6.54 Å². The van der Waals surface area contributed by atoms with Gasteiger partial charge in [0.2, 0.25) is 5.89 Å². The lowest BCUT2D eigenvalue weighted by Crippen LogP contribution is -2.33. The minimum atomic E-state index is 0.253. The van der Waals surface area contributed by atoms with Crippen LogP contribution in [0.5, 0.6) is 0 Å². The zero-order chi connectivity index (χ0) is 13.7. The van der Waals surface area contributed by atoms with E-state index in [1.54, 1.807) is 0 Å². The van der Waals surface area contributed by atoms with Gasteiger partial charge in [0.1, 0.15) is 0 Å². The van der Waals surface area contributed by atoms with Crippen molar-refractivity contribution in [2.24, 2.45) is 5.41 Å². The molecule has 1 saturated heterocycles. The first-order valence-corrected chi connectivity index (χ1v) is 6.95. The average Bonchev–Trinajstić information content (AvgIpc) is 2.83. The number of ether oxygens (including phenoxy) is 1. The van der Waals surface area contributed by atoms with Gasteiger partial charge in [-0.3, -0.25) is 0 Å². The molecule has 0 saturated carbocycles. The smallest absolute Gasteiger partial charge is 0.315 e. The van der Waals surface area contributed by atoms with Crippen molar-refractivity contribution < 1.29 is 9.15 Å². The fraction of sp³-hybridized carbons (Fsp3) is 0.846. The van der Waals surface area contributed by atoms with Gasteiger partial charge in [0.15, 0.2) is 0 Å². The van der Waals surface area contributed by atoms with Gasteiger partial charge in [-0.25, -0.2) is 0 Å². The molecule has 0 spiro atoms. The van der Waals surface area contributed by atoms with E-state index in [1.807, 2.05) is 0 Å². The highest BCUT2D eigenvalue weighted by Gasteiger charge is 2.27. The summed E-state index contributed by atoms with van der Waals surface area (Å²) < 4.78 is 10.9. The van der Waals surface area contributed by atoms with Crippen LogP contribution in [0.4, 0.5) is 6.01 Å². The van der Waals surface area contributed by atoms with E-state index in [2.05, 4.69) is 41.6 Å². The molecule has 1 aromatic heterocycles. The van der Waals surface area contributed by atoms with E-state index < -0.39 is 0 Å². The van der Waals surface area contributed by atoms with Crippen LogP contribution in [0.2, 0.25) is 0 Å². The summed E-state index contributed by atoms with van der Waals surface area (Å²) in [6.07, 6.45) is 2.13. The molecule has 0 aliphatic carbocycles. The molecule has 108 valence electrons. The zero-order valence-electron chi connectivity index (χ0n) is 12.0. The van der Waals surface area contributed by atoms with Crippen molar-refractivity contribution in [3.05, 3.63) is 5.89 Å². The van der Waals surface area contributed by atoms with Crippen LogP contribution in [0.25, 0.3) is 0 Å². The summed E-state index contributed by atoms with van der Waals surface area (Å²) in [5.74, 6) is 0.619. The predicted octanol–water partition coefficient (Wildman–Crippen LogP) is 1.80. The van der Waals surface area contributed by atoms with E-state index in [-0.39, 0.29) is 5.41 Å². The van der Waals surface area contributed by atoms with Crippen molar-refractivity contribution in [2.75, 3.05) is 25.1 Å². The molecule has 19 heavy (non-hydrogen) atoms. The molecule has 1 aliphatic rings. The van der Waals surface area contributed by atoms with Gasteiger partial charge < -0.3 is 19.8 Å². The van der Waals surface area contributed by atoms with Crippen molar-refractivity contribution in [3.8, 4) is 0 Å². The van der Waals surface area contributed by atoms with Crippen LogP contribution < -0.4 is 10.6 Å². The van der Waals surface area contributed by atoms with Crippen LogP contribution in [-0.2, 0) is 11.3 Å². The first-order chi connectivity index (χ1) is 9.07. The number of anilines is 1. The van der Waals surface area contributed by atoms with Crippen LogP contribution in [0.15, 0.2) is 4.42 Å². The first-order valence-electron chi connectivity index (χ1n) is 6.95. The molecular weight excluding hydrogens is 244 g/mol. The van der Waals surface area contributed by atoms with E-state index >= 15 is 0 Å². The minimum Gasteiger partial charge on any atom is -0.407 e. The number of hydrogen-bond donors (Lipinski definition) is 2. The van der Waals surface area contributed by atoms with Crippen LogP contribution in [0.3, 0.4) is 0 Å². The summed E-state index contributed by atoms with van der Waals surface area (Å²) in [5, 5.41) is 14.5. The lowest BCUT2D eigenvalue weighted by molar-refractivity contribution is 0.0298. The van der Waals surface area contributed by atoms with Crippen LogP contribution in [0, 0.1) is 5.41 Å².